The summed E-state index contributed by atoms with van der Waals surface area (Å²) in [5.74, 6) is -7.28. The molecule has 2 rings (SSSR count). The average molecular weight is 369 g/mol. The van der Waals surface area contributed by atoms with Gasteiger partial charge in [0.25, 0.3) is 0 Å². The van der Waals surface area contributed by atoms with Gasteiger partial charge in [0.2, 0.25) is 0 Å². The fourth-order valence-electron chi connectivity index (χ4n) is 2.07. The number of nitriles is 1. The minimum atomic E-state index is -5.50. The van der Waals surface area contributed by atoms with Crippen molar-refractivity contribution in [3.05, 3.63) is 39.3 Å². The molecule has 0 radical (unpaired) electrons. The number of alkyl halides is 3. The normalized spacial score (nSPS) is 11.6. The van der Waals surface area contributed by atoms with Crippen LogP contribution >= 0.6 is 11.6 Å². The Bertz CT molecular complexity index is 836. The van der Waals surface area contributed by atoms with Gasteiger partial charge in [-0.05, 0) is 6.42 Å². The lowest BCUT2D eigenvalue weighted by molar-refractivity contribution is -0.142. The molecular weight excluding hydrogens is 362 g/mol. The minimum absolute atomic E-state index is 0.0613. The van der Waals surface area contributed by atoms with Crippen molar-refractivity contribution in [3.8, 4) is 11.8 Å². The van der Waals surface area contributed by atoms with Crippen molar-refractivity contribution < 1.29 is 26.3 Å². The van der Waals surface area contributed by atoms with Crippen LogP contribution in [0.15, 0.2) is 0 Å². The first-order valence-electron chi connectivity index (χ1n) is 6.27. The van der Waals surface area contributed by atoms with Gasteiger partial charge >= 0.3 is 6.18 Å². The lowest BCUT2D eigenvalue weighted by atomic mass is 10.1. The first kappa shape index (κ1) is 17.9. The number of hydrogen-bond donors (Lipinski definition) is 1. The second kappa shape index (κ2) is 5.90. The molecule has 0 bridgehead atoms. The van der Waals surface area contributed by atoms with E-state index in [0.29, 0.717) is 4.68 Å². The Balaban J connectivity index is 2.89. The Morgan fingerprint density at radius 1 is 1.21 bits per heavy atom. The zero-order chi connectivity index (χ0) is 18.4. The quantitative estimate of drug-likeness (QED) is 0.644. The number of anilines is 1. The second-order valence-electron chi connectivity index (χ2n) is 4.56. The number of aromatic nitrogens is 2. The molecule has 4 nitrogen and oxygen atoms in total. The summed E-state index contributed by atoms with van der Waals surface area (Å²) in [5, 5.41) is 11.3. The first-order valence-corrected chi connectivity index (χ1v) is 6.64. The Hall–Kier alpha value is -2.41. The molecule has 11 heteroatoms. The summed E-state index contributed by atoms with van der Waals surface area (Å²) in [6, 6.07) is 1.67. The van der Waals surface area contributed by atoms with Crippen LogP contribution in [0.5, 0.6) is 0 Å². The van der Waals surface area contributed by atoms with E-state index in [4.69, 9.17) is 22.6 Å². The van der Waals surface area contributed by atoms with Gasteiger partial charge in [-0.25, -0.2) is 17.9 Å². The van der Waals surface area contributed by atoms with Crippen molar-refractivity contribution in [1.29, 1.82) is 5.26 Å². The van der Waals surface area contributed by atoms with Gasteiger partial charge in [0, 0.05) is 0 Å². The molecule has 0 saturated heterocycles. The van der Waals surface area contributed by atoms with Gasteiger partial charge in [-0.3, -0.25) is 0 Å². The number of hydrogen-bond acceptors (Lipinski definition) is 3. The Labute approximate surface area is 136 Å². The zero-order valence-electron chi connectivity index (χ0n) is 11.8. The molecule has 1 aromatic carbocycles. The highest BCUT2D eigenvalue weighted by molar-refractivity contribution is 6.32. The van der Waals surface area contributed by atoms with Crippen molar-refractivity contribution in [2.45, 2.75) is 19.5 Å². The molecule has 0 atom stereocenters. The van der Waals surface area contributed by atoms with Crippen LogP contribution in [0.1, 0.15) is 23.7 Å². The molecule has 0 aliphatic carbocycles. The first-order chi connectivity index (χ1) is 11.1. The number of nitrogen functional groups attached to an aromatic ring is 1. The highest BCUT2D eigenvalue weighted by Crippen LogP contribution is 2.41. The molecule has 0 aliphatic rings. The highest BCUT2D eigenvalue weighted by atomic mass is 35.5. The molecule has 0 aliphatic heterocycles. The third-order valence-corrected chi connectivity index (χ3v) is 3.52. The number of nitrogens with zero attached hydrogens (tertiary/aromatic N) is 3. The van der Waals surface area contributed by atoms with E-state index in [1.165, 1.54) is 0 Å². The Morgan fingerprint density at radius 2 is 1.79 bits per heavy atom. The van der Waals surface area contributed by atoms with Crippen molar-refractivity contribution in [3.63, 3.8) is 0 Å². The maximum Gasteiger partial charge on any atom is 0.422 e. The monoisotopic (exact) mass is 368 g/mol. The molecule has 1 heterocycles. The summed E-state index contributed by atoms with van der Waals surface area (Å²) in [6.07, 6.45) is -5.34. The summed E-state index contributed by atoms with van der Waals surface area (Å²) >= 11 is 5.46. The van der Waals surface area contributed by atoms with Gasteiger partial charge in [0.05, 0.1) is 5.69 Å². The van der Waals surface area contributed by atoms with E-state index in [1.807, 2.05) is 0 Å². The summed E-state index contributed by atoms with van der Waals surface area (Å²) in [6.45, 7) is 1.57. The summed E-state index contributed by atoms with van der Waals surface area (Å²) in [7, 11) is 0. The maximum atomic E-state index is 14.1. The van der Waals surface area contributed by atoms with Crippen molar-refractivity contribution in [2.24, 2.45) is 0 Å². The summed E-state index contributed by atoms with van der Waals surface area (Å²) in [5.41, 5.74) is 1.82. The van der Waals surface area contributed by atoms with Crippen LogP contribution in [0.3, 0.4) is 0 Å². The van der Waals surface area contributed by atoms with Crippen LogP contribution in [-0.2, 0) is 12.6 Å². The minimum Gasteiger partial charge on any atom is -0.382 e. The molecule has 0 amide bonds. The Morgan fingerprint density at radius 3 is 2.21 bits per heavy atom. The number of nitrogens with two attached hydrogens (primary N) is 1. The topological polar surface area (TPSA) is 67.6 Å². The van der Waals surface area contributed by atoms with Gasteiger partial charge in [-0.2, -0.15) is 23.5 Å². The zero-order valence-corrected chi connectivity index (χ0v) is 12.5. The molecule has 2 N–H and O–H groups in total. The number of rotatable bonds is 2. The van der Waals surface area contributed by atoms with Gasteiger partial charge in [0.15, 0.2) is 17.5 Å². The summed E-state index contributed by atoms with van der Waals surface area (Å²) in [4.78, 5) is 0. The predicted octanol–water partition coefficient (Wildman–Crippen LogP) is 3.98. The van der Waals surface area contributed by atoms with Crippen LogP contribution in [0.25, 0.3) is 5.69 Å². The fourth-order valence-corrected chi connectivity index (χ4v) is 2.33. The third-order valence-electron chi connectivity index (χ3n) is 3.18. The van der Waals surface area contributed by atoms with Crippen molar-refractivity contribution >= 4 is 17.4 Å². The van der Waals surface area contributed by atoms with Gasteiger partial charge in [-0.15, -0.1) is 0 Å². The molecule has 0 spiro atoms. The van der Waals surface area contributed by atoms with E-state index in [2.05, 4.69) is 5.10 Å². The lowest BCUT2D eigenvalue weighted by Crippen LogP contribution is -2.17. The van der Waals surface area contributed by atoms with Gasteiger partial charge in [-0.1, -0.05) is 18.5 Å². The van der Waals surface area contributed by atoms with E-state index in [9.17, 15) is 26.3 Å². The van der Waals surface area contributed by atoms with Crippen molar-refractivity contribution in [2.75, 3.05) is 5.73 Å². The summed E-state index contributed by atoms with van der Waals surface area (Å²) < 4.78 is 80.2. The van der Waals surface area contributed by atoms with Crippen LogP contribution in [0, 0.1) is 28.8 Å². The van der Waals surface area contributed by atoms with E-state index < -0.39 is 45.7 Å². The van der Waals surface area contributed by atoms with E-state index in [-0.39, 0.29) is 17.7 Å². The smallest absolute Gasteiger partial charge is 0.382 e. The SMILES string of the molecule is CCc1nn(-c2c(F)c(F)c(C(F)(F)F)c(F)c2Cl)c(N)c1C#N. The van der Waals surface area contributed by atoms with E-state index >= 15 is 0 Å². The molecule has 2 aromatic rings. The molecule has 24 heavy (non-hydrogen) atoms. The van der Waals surface area contributed by atoms with Crippen molar-refractivity contribution in [1.82, 2.24) is 9.78 Å². The Kier molecular flexibility index (Phi) is 4.41. The number of benzene rings is 1. The largest absolute Gasteiger partial charge is 0.422 e. The second-order valence-corrected chi connectivity index (χ2v) is 4.94. The van der Waals surface area contributed by atoms with Crippen LogP contribution in [-0.4, -0.2) is 9.78 Å². The number of halogens is 7. The van der Waals surface area contributed by atoms with Gasteiger partial charge in [0.1, 0.15) is 33.7 Å². The molecule has 0 fully saturated rings. The van der Waals surface area contributed by atoms with E-state index in [1.54, 1.807) is 13.0 Å². The molecule has 1 aromatic heterocycles. The van der Waals surface area contributed by atoms with Gasteiger partial charge < -0.3 is 5.73 Å². The molecule has 0 unspecified atom stereocenters. The maximum absolute atomic E-state index is 14.1. The lowest BCUT2D eigenvalue weighted by Gasteiger charge is -2.15. The predicted molar refractivity (Wildman–Crippen MR) is 72.0 cm³/mol. The average Bonchev–Trinajstić information content (AvgIpc) is 2.80. The molecular formula is C13H7ClF6N4. The van der Waals surface area contributed by atoms with Crippen LogP contribution in [0.4, 0.5) is 32.2 Å². The number of aryl methyl sites for hydroxylation is 1. The van der Waals surface area contributed by atoms with Crippen LogP contribution in [0.2, 0.25) is 5.02 Å². The highest BCUT2D eigenvalue weighted by Gasteiger charge is 2.42. The molecule has 128 valence electrons. The third kappa shape index (κ3) is 2.54. The fraction of sp³-hybridized carbons (Fsp3) is 0.231. The van der Waals surface area contributed by atoms with E-state index in [0.717, 1.165) is 0 Å². The standard InChI is InChI=1S/C13H7ClF6N4/c1-2-5-4(3-21)12(22)24(23-5)11-7(14)8(15)6(13(18,19)20)9(16)10(11)17/h2,22H2,1H3. The molecule has 0 saturated carbocycles. The van der Waals surface area contributed by atoms with Crippen LogP contribution < -0.4 is 5.73 Å².